The SMILES string of the molecule is FC(F)(F)c1nc(Cl)cc(NCC2CC2)n1. The molecular weight excluding hydrogens is 243 g/mol. The molecule has 1 fully saturated rings. The number of nitrogens with one attached hydrogen (secondary N) is 1. The van der Waals surface area contributed by atoms with Gasteiger partial charge in [0.05, 0.1) is 0 Å². The van der Waals surface area contributed by atoms with Crippen molar-refractivity contribution in [2.75, 3.05) is 11.9 Å². The molecule has 1 heterocycles. The molecule has 7 heteroatoms. The molecule has 0 aliphatic heterocycles. The second kappa shape index (κ2) is 4.08. The zero-order valence-corrected chi connectivity index (χ0v) is 8.94. The number of nitrogens with zero attached hydrogens (tertiary/aromatic N) is 2. The first-order valence-corrected chi connectivity index (χ1v) is 5.18. The van der Waals surface area contributed by atoms with Crippen molar-refractivity contribution < 1.29 is 13.2 Å². The van der Waals surface area contributed by atoms with Crippen LogP contribution in [0.3, 0.4) is 0 Å². The average molecular weight is 252 g/mol. The van der Waals surface area contributed by atoms with Gasteiger partial charge >= 0.3 is 6.18 Å². The van der Waals surface area contributed by atoms with Crippen molar-refractivity contribution in [2.45, 2.75) is 19.0 Å². The summed E-state index contributed by atoms with van der Waals surface area (Å²) < 4.78 is 37.0. The minimum atomic E-state index is -4.57. The van der Waals surface area contributed by atoms with E-state index in [1.807, 2.05) is 0 Å². The lowest BCUT2D eigenvalue weighted by atomic mass is 10.4. The first kappa shape index (κ1) is 11.4. The molecule has 1 aliphatic carbocycles. The largest absolute Gasteiger partial charge is 0.451 e. The molecule has 2 rings (SSSR count). The molecule has 0 unspecified atom stereocenters. The van der Waals surface area contributed by atoms with Crippen LogP contribution in [-0.2, 0) is 6.18 Å². The second-order valence-electron chi connectivity index (χ2n) is 3.72. The molecular formula is C9H9ClF3N3. The number of hydrogen-bond acceptors (Lipinski definition) is 3. The molecule has 1 N–H and O–H groups in total. The van der Waals surface area contributed by atoms with E-state index in [9.17, 15) is 13.2 Å². The van der Waals surface area contributed by atoms with Gasteiger partial charge in [0.1, 0.15) is 11.0 Å². The van der Waals surface area contributed by atoms with Crippen molar-refractivity contribution >= 4 is 17.4 Å². The maximum atomic E-state index is 12.3. The summed E-state index contributed by atoms with van der Waals surface area (Å²) in [4.78, 5) is 6.51. The molecule has 0 radical (unpaired) electrons. The Hall–Kier alpha value is -1.04. The van der Waals surface area contributed by atoms with Gasteiger partial charge in [0.25, 0.3) is 0 Å². The number of halogens is 4. The van der Waals surface area contributed by atoms with E-state index >= 15 is 0 Å². The van der Waals surface area contributed by atoms with Crippen LogP contribution in [0.5, 0.6) is 0 Å². The first-order valence-electron chi connectivity index (χ1n) is 4.81. The number of alkyl halides is 3. The van der Waals surface area contributed by atoms with Crippen LogP contribution in [0.4, 0.5) is 19.0 Å². The van der Waals surface area contributed by atoms with Gasteiger partial charge in [-0.3, -0.25) is 0 Å². The number of anilines is 1. The van der Waals surface area contributed by atoms with Crippen LogP contribution in [0.15, 0.2) is 6.07 Å². The Morgan fingerprint density at radius 2 is 2.06 bits per heavy atom. The van der Waals surface area contributed by atoms with Crippen LogP contribution in [0.2, 0.25) is 5.15 Å². The van der Waals surface area contributed by atoms with Crippen LogP contribution in [0.25, 0.3) is 0 Å². The van der Waals surface area contributed by atoms with E-state index in [2.05, 4.69) is 15.3 Å². The van der Waals surface area contributed by atoms with Crippen molar-refractivity contribution in [3.05, 3.63) is 17.0 Å². The molecule has 0 saturated heterocycles. The lowest BCUT2D eigenvalue weighted by Crippen LogP contribution is -2.14. The smallest absolute Gasteiger partial charge is 0.370 e. The summed E-state index contributed by atoms with van der Waals surface area (Å²) in [5, 5.41) is 2.62. The fourth-order valence-electron chi connectivity index (χ4n) is 1.21. The van der Waals surface area contributed by atoms with E-state index < -0.39 is 12.0 Å². The number of hydrogen-bond donors (Lipinski definition) is 1. The van der Waals surface area contributed by atoms with E-state index in [-0.39, 0.29) is 11.0 Å². The predicted octanol–water partition coefficient (Wildman–Crippen LogP) is 2.97. The minimum Gasteiger partial charge on any atom is -0.370 e. The lowest BCUT2D eigenvalue weighted by molar-refractivity contribution is -0.144. The van der Waals surface area contributed by atoms with Crippen molar-refractivity contribution in [3.8, 4) is 0 Å². The van der Waals surface area contributed by atoms with Crippen LogP contribution in [0, 0.1) is 5.92 Å². The molecule has 1 aliphatic rings. The average Bonchev–Trinajstić information content (AvgIpc) is 2.96. The van der Waals surface area contributed by atoms with Gasteiger partial charge in [0.15, 0.2) is 0 Å². The third kappa shape index (κ3) is 2.98. The highest BCUT2D eigenvalue weighted by Crippen LogP contribution is 2.30. The molecule has 0 spiro atoms. The summed E-state index contributed by atoms with van der Waals surface area (Å²) in [6.45, 7) is 0.630. The fourth-order valence-corrected chi connectivity index (χ4v) is 1.39. The number of rotatable bonds is 3. The maximum Gasteiger partial charge on any atom is 0.451 e. The van der Waals surface area contributed by atoms with Crippen LogP contribution >= 0.6 is 11.6 Å². The highest BCUT2D eigenvalue weighted by Gasteiger charge is 2.35. The Morgan fingerprint density at radius 1 is 1.38 bits per heavy atom. The maximum absolute atomic E-state index is 12.3. The molecule has 1 aromatic heterocycles. The standard InChI is InChI=1S/C9H9ClF3N3/c10-6-3-7(14-4-5-1-2-5)16-8(15-6)9(11,12)13/h3,5H,1-2,4H2,(H,14,15,16). The fraction of sp³-hybridized carbons (Fsp3) is 0.556. The molecule has 0 amide bonds. The molecule has 88 valence electrons. The molecule has 1 saturated carbocycles. The molecule has 0 bridgehead atoms. The van der Waals surface area contributed by atoms with Gasteiger partial charge < -0.3 is 5.32 Å². The quantitative estimate of drug-likeness (QED) is 0.840. The summed E-state index contributed by atoms with van der Waals surface area (Å²) in [6.07, 6.45) is -2.35. The van der Waals surface area contributed by atoms with E-state index in [4.69, 9.17) is 11.6 Å². The Kier molecular flexibility index (Phi) is 2.92. The highest BCUT2D eigenvalue weighted by molar-refractivity contribution is 6.29. The molecule has 0 aromatic carbocycles. The molecule has 1 aromatic rings. The molecule has 16 heavy (non-hydrogen) atoms. The van der Waals surface area contributed by atoms with Crippen molar-refractivity contribution in [1.82, 2.24) is 9.97 Å². The zero-order chi connectivity index (χ0) is 11.8. The van der Waals surface area contributed by atoms with Crippen molar-refractivity contribution in [3.63, 3.8) is 0 Å². The first-order chi connectivity index (χ1) is 7.45. The Balaban J connectivity index is 2.14. The van der Waals surface area contributed by atoms with E-state index in [1.54, 1.807) is 0 Å². The van der Waals surface area contributed by atoms with Gasteiger partial charge in [-0.1, -0.05) is 11.6 Å². The zero-order valence-electron chi connectivity index (χ0n) is 8.18. The Morgan fingerprint density at radius 3 is 2.62 bits per heavy atom. The van der Waals surface area contributed by atoms with Gasteiger partial charge in [-0.2, -0.15) is 13.2 Å². The summed E-state index contributed by atoms with van der Waals surface area (Å²) >= 11 is 5.50. The van der Waals surface area contributed by atoms with Crippen LogP contribution in [-0.4, -0.2) is 16.5 Å². The predicted molar refractivity (Wildman–Crippen MR) is 53.3 cm³/mol. The topological polar surface area (TPSA) is 37.8 Å². The third-order valence-electron chi connectivity index (χ3n) is 2.22. The second-order valence-corrected chi connectivity index (χ2v) is 4.11. The molecule has 0 atom stereocenters. The van der Waals surface area contributed by atoms with Gasteiger partial charge in [-0.05, 0) is 18.8 Å². The summed E-state index contributed by atoms with van der Waals surface area (Å²) in [6, 6.07) is 1.29. The van der Waals surface area contributed by atoms with Crippen LogP contribution in [0.1, 0.15) is 18.7 Å². The van der Waals surface area contributed by atoms with Gasteiger partial charge in [-0.25, -0.2) is 9.97 Å². The summed E-state index contributed by atoms with van der Waals surface area (Å²) in [5.41, 5.74) is 0. The number of aromatic nitrogens is 2. The van der Waals surface area contributed by atoms with Gasteiger partial charge in [0.2, 0.25) is 5.82 Å². The monoisotopic (exact) mass is 251 g/mol. The normalized spacial score (nSPS) is 16.2. The van der Waals surface area contributed by atoms with Crippen molar-refractivity contribution in [2.24, 2.45) is 5.92 Å². The van der Waals surface area contributed by atoms with E-state index in [0.29, 0.717) is 12.5 Å². The Labute approximate surface area is 95.0 Å². The third-order valence-corrected chi connectivity index (χ3v) is 2.41. The Bertz CT molecular complexity index is 390. The van der Waals surface area contributed by atoms with Crippen molar-refractivity contribution in [1.29, 1.82) is 0 Å². The van der Waals surface area contributed by atoms with E-state index in [1.165, 1.54) is 6.07 Å². The summed E-state index contributed by atoms with van der Waals surface area (Å²) in [7, 11) is 0. The van der Waals surface area contributed by atoms with Gasteiger partial charge in [0, 0.05) is 12.6 Å². The van der Waals surface area contributed by atoms with Crippen LogP contribution < -0.4 is 5.32 Å². The lowest BCUT2D eigenvalue weighted by Gasteiger charge is -2.09. The van der Waals surface area contributed by atoms with E-state index in [0.717, 1.165) is 12.8 Å². The van der Waals surface area contributed by atoms with Gasteiger partial charge in [-0.15, -0.1) is 0 Å². The minimum absolute atomic E-state index is 0.124. The highest BCUT2D eigenvalue weighted by atomic mass is 35.5. The summed E-state index contributed by atoms with van der Waals surface area (Å²) in [5.74, 6) is -0.541. The molecule has 3 nitrogen and oxygen atoms in total.